The molecule has 0 saturated carbocycles. The fourth-order valence-corrected chi connectivity index (χ4v) is 4.23. The lowest BCUT2D eigenvalue weighted by Gasteiger charge is -2.26. The molecule has 2 saturated heterocycles. The smallest absolute Gasteiger partial charge is 0.222 e. The van der Waals surface area contributed by atoms with Crippen molar-refractivity contribution < 1.29 is 4.79 Å². The predicted octanol–water partition coefficient (Wildman–Crippen LogP) is 2.61. The average Bonchev–Trinajstić information content (AvgIpc) is 3.35. The molecule has 0 bridgehead atoms. The maximum atomic E-state index is 12.0. The second-order valence-corrected chi connectivity index (χ2v) is 7.71. The van der Waals surface area contributed by atoms with Gasteiger partial charge in [0, 0.05) is 56.9 Å². The second-order valence-electron chi connectivity index (χ2n) is 7.71. The maximum Gasteiger partial charge on any atom is 0.222 e. The first-order valence-electron chi connectivity index (χ1n) is 10.9. The molecular weight excluding hydrogens is 350 g/mol. The van der Waals surface area contributed by atoms with Gasteiger partial charge in [0.15, 0.2) is 5.96 Å². The Bertz CT molecular complexity index is 648. The number of likely N-dealkylation sites (tertiary alicyclic amines) is 1. The summed E-state index contributed by atoms with van der Waals surface area (Å²) in [6.45, 7) is 8.83. The molecular formula is C22H35N5O. The summed E-state index contributed by atoms with van der Waals surface area (Å²) in [7, 11) is 0. The molecule has 6 nitrogen and oxygen atoms in total. The number of amides is 1. The number of nitrogens with one attached hydrogen (secondary N) is 2. The molecule has 2 atom stereocenters. The Morgan fingerprint density at radius 3 is 2.75 bits per heavy atom. The number of carbonyl (C=O) groups excluding carboxylic acids is 1. The van der Waals surface area contributed by atoms with Gasteiger partial charge in [0.05, 0.1) is 0 Å². The Hall–Kier alpha value is -2.24. The zero-order chi connectivity index (χ0) is 19.8. The van der Waals surface area contributed by atoms with Crippen LogP contribution >= 0.6 is 0 Å². The van der Waals surface area contributed by atoms with Gasteiger partial charge in [0.25, 0.3) is 0 Å². The van der Waals surface area contributed by atoms with Gasteiger partial charge < -0.3 is 20.4 Å². The van der Waals surface area contributed by atoms with Crippen molar-refractivity contribution >= 4 is 17.6 Å². The highest BCUT2D eigenvalue weighted by Gasteiger charge is 2.26. The van der Waals surface area contributed by atoms with Gasteiger partial charge in [-0.15, -0.1) is 0 Å². The van der Waals surface area contributed by atoms with E-state index in [0.717, 1.165) is 64.4 Å². The highest BCUT2D eigenvalue weighted by molar-refractivity contribution is 5.80. The summed E-state index contributed by atoms with van der Waals surface area (Å²) in [6, 6.07) is 11.3. The van der Waals surface area contributed by atoms with E-state index < -0.39 is 0 Å². The van der Waals surface area contributed by atoms with Crippen molar-refractivity contribution in [2.45, 2.75) is 58.0 Å². The van der Waals surface area contributed by atoms with Crippen LogP contribution in [0.25, 0.3) is 0 Å². The number of rotatable bonds is 8. The molecule has 2 N–H and O–H groups in total. The van der Waals surface area contributed by atoms with E-state index in [9.17, 15) is 4.79 Å². The van der Waals surface area contributed by atoms with Gasteiger partial charge >= 0.3 is 0 Å². The van der Waals surface area contributed by atoms with E-state index in [1.807, 2.05) is 0 Å². The number of nitrogens with zero attached hydrogens (tertiary/aromatic N) is 3. The number of para-hydroxylation sites is 1. The quantitative estimate of drug-likeness (QED) is 0.533. The highest BCUT2D eigenvalue weighted by atomic mass is 16.2. The summed E-state index contributed by atoms with van der Waals surface area (Å²) in [5, 5.41) is 6.98. The van der Waals surface area contributed by atoms with Crippen LogP contribution in [-0.4, -0.2) is 61.6 Å². The van der Waals surface area contributed by atoms with Crippen LogP contribution in [0.3, 0.4) is 0 Å². The summed E-state index contributed by atoms with van der Waals surface area (Å²) in [6.07, 6.45) is 4.75. The zero-order valence-corrected chi connectivity index (χ0v) is 17.4. The van der Waals surface area contributed by atoms with Gasteiger partial charge in [-0.2, -0.15) is 0 Å². The van der Waals surface area contributed by atoms with Crippen molar-refractivity contribution in [3.63, 3.8) is 0 Å². The number of benzene rings is 1. The molecule has 154 valence electrons. The minimum Gasteiger partial charge on any atom is -0.369 e. The topological polar surface area (TPSA) is 60.0 Å². The number of hydrogen-bond acceptors (Lipinski definition) is 3. The molecule has 1 aromatic carbocycles. The predicted molar refractivity (Wildman–Crippen MR) is 116 cm³/mol. The molecule has 1 aromatic rings. The fourth-order valence-electron chi connectivity index (χ4n) is 4.23. The Morgan fingerprint density at radius 1 is 1.25 bits per heavy atom. The van der Waals surface area contributed by atoms with Gasteiger partial charge in [-0.25, -0.2) is 0 Å². The number of guanidine groups is 1. The zero-order valence-electron chi connectivity index (χ0n) is 17.4. The van der Waals surface area contributed by atoms with Crippen molar-refractivity contribution in [1.29, 1.82) is 0 Å². The first-order chi connectivity index (χ1) is 13.7. The first kappa shape index (κ1) is 20.5. The lowest BCUT2D eigenvalue weighted by molar-refractivity contribution is -0.129. The molecule has 2 unspecified atom stereocenters. The maximum absolute atomic E-state index is 12.0. The Kier molecular flexibility index (Phi) is 7.57. The van der Waals surface area contributed by atoms with Gasteiger partial charge in [-0.1, -0.05) is 25.1 Å². The molecule has 3 rings (SSSR count). The van der Waals surface area contributed by atoms with E-state index in [2.05, 4.69) is 64.6 Å². The summed E-state index contributed by atoms with van der Waals surface area (Å²) in [5.74, 6) is 1.21. The summed E-state index contributed by atoms with van der Waals surface area (Å²) < 4.78 is 0. The van der Waals surface area contributed by atoms with Crippen molar-refractivity contribution in [1.82, 2.24) is 15.5 Å². The third-order valence-electron chi connectivity index (χ3n) is 5.75. The number of aliphatic imine (C=N–C) groups is 1. The molecule has 0 spiro atoms. The Balaban J connectivity index is 1.50. The minimum absolute atomic E-state index is 0.313. The fraction of sp³-hybridized carbons (Fsp3) is 0.636. The third kappa shape index (κ3) is 5.40. The number of anilines is 1. The lowest BCUT2D eigenvalue weighted by Crippen LogP contribution is -2.45. The van der Waals surface area contributed by atoms with E-state index in [4.69, 9.17) is 4.99 Å². The van der Waals surface area contributed by atoms with Crippen LogP contribution in [-0.2, 0) is 4.79 Å². The van der Waals surface area contributed by atoms with Gasteiger partial charge in [-0.3, -0.25) is 9.79 Å². The SMILES string of the molecule is CCNC(=NCCC(CC)N1CCCC1=O)NC1CCN(c2ccccc2)C1. The van der Waals surface area contributed by atoms with E-state index >= 15 is 0 Å². The van der Waals surface area contributed by atoms with Crippen LogP contribution in [0.4, 0.5) is 5.69 Å². The molecule has 0 radical (unpaired) electrons. The Labute approximate surface area is 169 Å². The lowest BCUT2D eigenvalue weighted by atomic mass is 10.1. The van der Waals surface area contributed by atoms with Crippen molar-refractivity contribution in [2.75, 3.05) is 37.6 Å². The largest absolute Gasteiger partial charge is 0.369 e. The number of hydrogen-bond donors (Lipinski definition) is 2. The first-order valence-corrected chi connectivity index (χ1v) is 10.9. The average molecular weight is 386 g/mol. The standard InChI is InChI=1S/C22H35N5O/c1-3-19(27-15-8-11-21(27)28)12-14-24-22(23-4-2)25-18-13-16-26(17-18)20-9-6-5-7-10-20/h5-7,9-10,18-19H,3-4,8,11-17H2,1-2H3,(H2,23,24,25). The van der Waals surface area contributed by atoms with E-state index in [0.29, 0.717) is 24.4 Å². The molecule has 0 aromatic heterocycles. The van der Waals surface area contributed by atoms with Crippen molar-refractivity contribution in [3.05, 3.63) is 30.3 Å². The van der Waals surface area contributed by atoms with Gasteiger partial charge in [-0.05, 0) is 44.7 Å². The minimum atomic E-state index is 0.313. The van der Waals surface area contributed by atoms with Crippen LogP contribution in [0.15, 0.2) is 35.3 Å². The van der Waals surface area contributed by atoms with Gasteiger partial charge in [0.2, 0.25) is 5.91 Å². The molecule has 28 heavy (non-hydrogen) atoms. The number of carbonyl (C=O) groups is 1. The van der Waals surface area contributed by atoms with Crippen molar-refractivity contribution in [2.24, 2.45) is 4.99 Å². The molecule has 2 fully saturated rings. The van der Waals surface area contributed by atoms with E-state index in [-0.39, 0.29) is 0 Å². The Morgan fingerprint density at radius 2 is 2.07 bits per heavy atom. The third-order valence-corrected chi connectivity index (χ3v) is 5.75. The van der Waals surface area contributed by atoms with Gasteiger partial charge in [0.1, 0.15) is 0 Å². The molecule has 2 aliphatic heterocycles. The summed E-state index contributed by atoms with van der Waals surface area (Å²) >= 11 is 0. The molecule has 2 aliphatic rings. The monoisotopic (exact) mass is 385 g/mol. The second kappa shape index (κ2) is 10.3. The normalized spacial score (nSPS) is 21.3. The van der Waals surface area contributed by atoms with E-state index in [1.54, 1.807) is 0 Å². The van der Waals surface area contributed by atoms with Crippen molar-refractivity contribution in [3.8, 4) is 0 Å². The molecule has 2 heterocycles. The molecule has 1 amide bonds. The molecule has 6 heteroatoms. The van der Waals surface area contributed by atoms with Crippen LogP contribution in [0.2, 0.25) is 0 Å². The van der Waals surface area contributed by atoms with Crippen LogP contribution in [0.1, 0.15) is 46.0 Å². The van der Waals surface area contributed by atoms with Crippen LogP contribution < -0.4 is 15.5 Å². The summed E-state index contributed by atoms with van der Waals surface area (Å²) in [5.41, 5.74) is 1.29. The summed E-state index contributed by atoms with van der Waals surface area (Å²) in [4.78, 5) is 21.3. The van der Waals surface area contributed by atoms with Crippen LogP contribution in [0.5, 0.6) is 0 Å². The highest BCUT2D eigenvalue weighted by Crippen LogP contribution is 2.20. The molecule has 0 aliphatic carbocycles. The van der Waals surface area contributed by atoms with Crippen LogP contribution in [0, 0.1) is 0 Å². The van der Waals surface area contributed by atoms with E-state index in [1.165, 1.54) is 5.69 Å².